The first-order valence-electron chi connectivity index (χ1n) is 8.97. The Hall–Kier alpha value is -2.53. The number of carbonyl (C=O) groups is 1. The molecule has 3 rings (SSSR count). The lowest BCUT2D eigenvalue weighted by molar-refractivity contribution is -0.116. The number of imidazole rings is 1. The number of benzene rings is 2. The molecule has 0 atom stereocenters. The van der Waals surface area contributed by atoms with Crippen LogP contribution in [0.2, 0.25) is 0 Å². The minimum Gasteiger partial charge on any atom is -0.285 e. The van der Waals surface area contributed by atoms with E-state index in [0.29, 0.717) is 11.4 Å². The molecule has 1 heterocycles. The highest BCUT2D eigenvalue weighted by molar-refractivity contribution is 7.79. The molecule has 1 aromatic heterocycles. The van der Waals surface area contributed by atoms with Crippen molar-refractivity contribution in [2.45, 2.75) is 40.4 Å². The van der Waals surface area contributed by atoms with E-state index < -0.39 is 0 Å². The quantitative estimate of drug-likeness (QED) is 0.674. The van der Waals surface area contributed by atoms with Gasteiger partial charge >= 0.3 is 0 Å². The first kappa shape index (κ1) is 19.2. The molecular weight excluding hydrogens is 354 g/mol. The van der Waals surface area contributed by atoms with Crippen LogP contribution in [0.25, 0.3) is 11.4 Å². The molecule has 2 aromatic carbocycles. The number of para-hydroxylation sites is 2. The fourth-order valence-electron chi connectivity index (χ4n) is 3.61. The fraction of sp³-hybridized carbons (Fsp3) is 0.273. The second-order valence-corrected chi connectivity index (χ2v) is 7.21. The number of rotatable bonds is 3. The maximum Gasteiger partial charge on any atom is 0.245 e. The summed E-state index contributed by atoms with van der Waals surface area (Å²) in [6.45, 7) is 9.78. The molecule has 0 aliphatic rings. The number of hydrogen-bond acceptors (Lipinski definition) is 2. The molecule has 0 bridgehead atoms. The molecule has 0 saturated heterocycles. The summed E-state index contributed by atoms with van der Waals surface area (Å²) in [5.41, 5.74) is 8.19. The van der Waals surface area contributed by atoms with E-state index >= 15 is 0 Å². The maximum absolute atomic E-state index is 12.0. The largest absolute Gasteiger partial charge is 0.285 e. The van der Waals surface area contributed by atoms with Gasteiger partial charge in [-0.25, -0.2) is 0 Å². The molecule has 0 radical (unpaired) electrons. The van der Waals surface area contributed by atoms with E-state index in [2.05, 4.69) is 74.1 Å². The fourth-order valence-corrected chi connectivity index (χ4v) is 3.83. The summed E-state index contributed by atoms with van der Waals surface area (Å²) in [7, 11) is 0. The lowest BCUT2D eigenvalue weighted by Crippen LogP contribution is -2.27. The molecule has 0 spiro atoms. The molecule has 0 aliphatic heterocycles. The Labute approximate surface area is 165 Å². The third kappa shape index (κ3) is 3.52. The molecule has 0 aliphatic carbocycles. The average Bonchev–Trinajstić information content (AvgIpc) is 2.92. The molecule has 27 heavy (non-hydrogen) atoms. The van der Waals surface area contributed by atoms with E-state index in [1.165, 1.54) is 6.92 Å². The zero-order valence-electron chi connectivity index (χ0n) is 16.4. The van der Waals surface area contributed by atoms with Gasteiger partial charge in [0.2, 0.25) is 11.5 Å². The van der Waals surface area contributed by atoms with Gasteiger partial charge in [-0.1, -0.05) is 36.4 Å². The van der Waals surface area contributed by atoms with E-state index in [1.807, 2.05) is 22.9 Å². The van der Waals surface area contributed by atoms with Crippen molar-refractivity contribution in [3.8, 4) is 11.4 Å². The van der Waals surface area contributed by atoms with Crippen molar-refractivity contribution in [2.24, 2.45) is 4.99 Å². The number of thiol groups is 1. The van der Waals surface area contributed by atoms with Crippen LogP contribution >= 0.6 is 12.6 Å². The molecule has 0 N–H and O–H groups in total. The molecule has 0 unspecified atom stereocenters. The van der Waals surface area contributed by atoms with Crippen molar-refractivity contribution in [1.82, 2.24) is 9.13 Å². The van der Waals surface area contributed by atoms with Crippen molar-refractivity contribution in [3.63, 3.8) is 0 Å². The Morgan fingerprint density at radius 3 is 1.85 bits per heavy atom. The summed E-state index contributed by atoms with van der Waals surface area (Å²) in [4.78, 5) is 16.4. The van der Waals surface area contributed by atoms with Gasteiger partial charge in [-0.05, 0) is 49.9 Å². The monoisotopic (exact) mass is 379 g/mol. The number of amides is 1. The topological polar surface area (TPSA) is 39.3 Å². The zero-order valence-corrected chi connectivity index (χ0v) is 17.3. The Balaban J connectivity index is 2.50. The summed E-state index contributed by atoms with van der Waals surface area (Å²) in [5, 5.41) is 0. The summed E-state index contributed by atoms with van der Waals surface area (Å²) < 4.78 is 4.08. The number of carbonyl (C=O) groups excluding carboxylic acids is 1. The first-order chi connectivity index (χ1) is 12.8. The Kier molecular flexibility index (Phi) is 5.42. The van der Waals surface area contributed by atoms with E-state index in [4.69, 9.17) is 0 Å². The molecule has 5 heteroatoms. The molecule has 3 aromatic rings. The third-order valence-corrected chi connectivity index (χ3v) is 5.07. The standard InChI is InChI=1S/C22H25N3OS/c1-14-8-6-9-15(2)20(14)24-12-19(13-27)25(22(24)23-18(5)26)21-16(3)10-7-11-17(21)4/h6-12,27H,13H2,1-5H3. The average molecular weight is 380 g/mol. The lowest BCUT2D eigenvalue weighted by atomic mass is 10.1. The molecular formula is C22H25N3OS. The molecule has 4 nitrogen and oxygen atoms in total. The van der Waals surface area contributed by atoms with Gasteiger partial charge in [0, 0.05) is 18.9 Å². The number of aryl methyl sites for hydroxylation is 4. The predicted octanol–water partition coefficient (Wildman–Crippen LogP) is 4.38. The van der Waals surface area contributed by atoms with E-state index in [1.54, 1.807) is 0 Å². The number of hydrogen-bond donors (Lipinski definition) is 1. The summed E-state index contributed by atoms with van der Waals surface area (Å²) in [6, 6.07) is 12.4. The van der Waals surface area contributed by atoms with Crippen molar-refractivity contribution in [2.75, 3.05) is 0 Å². The molecule has 140 valence electrons. The number of nitrogens with zero attached hydrogens (tertiary/aromatic N) is 3. The second kappa shape index (κ2) is 7.61. The third-order valence-electron chi connectivity index (χ3n) is 4.74. The normalized spacial score (nSPS) is 11.9. The highest BCUT2D eigenvalue weighted by Gasteiger charge is 2.17. The molecule has 1 amide bonds. The van der Waals surface area contributed by atoms with Crippen LogP contribution in [-0.4, -0.2) is 15.0 Å². The number of aromatic nitrogens is 2. The summed E-state index contributed by atoms with van der Waals surface area (Å²) in [6.07, 6.45) is 2.04. The lowest BCUT2D eigenvalue weighted by Gasteiger charge is -2.14. The van der Waals surface area contributed by atoms with Crippen molar-refractivity contribution in [3.05, 3.63) is 76.2 Å². The van der Waals surface area contributed by atoms with Crippen LogP contribution in [-0.2, 0) is 10.5 Å². The van der Waals surface area contributed by atoms with Gasteiger partial charge in [0.15, 0.2) is 0 Å². The van der Waals surface area contributed by atoms with Gasteiger partial charge < -0.3 is 0 Å². The van der Waals surface area contributed by atoms with Crippen LogP contribution in [0.4, 0.5) is 0 Å². The summed E-state index contributed by atoms with van der Waals surface area (Å²) >= 11 is 4.55. The minimum absolute atomic E-state index is 0.230. The van der Waals surface area contributed by atoms with Gasteiger partial charge in [-0.3, -0.25) is 13.9 Å². The van der Waals surface area contributed by atoms with E-state index in [0.717, 1.165) is 39.3 Å². The molecule has 0 fully saturated rings. The Bertz CT molecular complexity index is 1050. The van der Waals surface area contributed by atoms with Gasteiger partial charge in [-0.2, -0.15) is 17.6 Å². The highest BCUT2D eigenvalue weighted by Crippen LogP contribution is 2.23. The molecule has 0 saturated carbocycles. The van der Waals surface area contributed by atoms with Crippen LogP contribution in [0.3, 0.4) is 0 Å². The van der Waals surface area contributed by atoms with Crippen molar-refractivity contribution in [1.29, 1.82) is 0 Å². The Morgan fingerprint density at radius 2 is 1.41 bits per heavy atom. The van der Waals surface area contributed by atoms with Gasteiger partial charge in [0.1, 0.15) is 0 Å². The van der Waals surface area contributed by atoms with Gasteiger partial charge in [-0.15, -0.1) is 0 Å². The SMILES string of the molecule is CC(=O)N=c1n(-c2c(C)cccc2C)cc(CS)n1-c1c(C)cccc1C. The van der Waals surface area contributed by atoms with Crippen LogP contribution in [0.1, 0.15) is 34.9 Å². The predicted molar refractivity (Wildman–Crippen MR) is 113 cm³/mol. The van der Waals surface area contributed by atoms with Crippen LogP contribution in [0.15, 0.2) is 47.6 Å². The highest BCUT2D eigenvalue weighted by atomic mass is 32.1. The van der Waals surface area contributed by atoms with E-state index in [-0.39, 0.29) is 5.91 Å². The minimum atomic E-state index is -0.230. The second-order valence-electron chi connectivity index (χ2n) is 6.90. The van der Waals surface area contributed by atoms with Crippen molar-refractivity contribution >= 4 is 18.5 Å². The smallest absolute Gasteiger partial charge is 0.245 e. The zero-order chi connectivity index (χ0) is 19.7. The van der Waals surface area contributed by atoms with Crippen molar-refractivity contribution < 1.29 is 4.79 Å². The van der Waals surface area contributed by atoms with Crippen LogP contribution < -0.4 is 5.62 Å². The van der Waals surface area contributed by atoms with E-state index in [9.17, 15) is 4.79 Å². The first-order valence-corrected chi connectivity index (χ1v) is 9.61. The van der Waals surface area contributed by atoms with Crippen LogP contribution in [0.5, 0.6) is 0 Å². The van der Waals surface area contributed by atoms with Gasteiger partial charge in [0.25, 0.3) is 0 Å². The summed E-state index contributed by atoms with van der Waals surface area (Å²) in [5.74, 6) is 0.304. The maximum atomic E-state index is 12.0. The van der Waals surface area contributed by atoms with Crippen LogP contribution in [0, 0.1) is 27.7 Å². The Morgan fingerprint density at radius 1 is 0.926 bits per heavy atom. The van der Waals surface area contributed by atoms with Gasteiger partial charge in [0.05, 0.1) is 17.1 Å².